The van der Waals surface area contributed by atoms with Crippen molar-refractivity contribution in [3.63, 3.8) is 0 Å². The maximum atomic E-state index is 12.8. The van der Waals surface area contributed by atoms with Crippen LogP contribution in [0.4, 0.5) is 5.82 Å². The molecule has 1 unspecified atom stereocenters. The lowest BCUT2D eigenvalue weighted by Crippen LogP contribution is -2.47. The van der Waals surface area contributed by atoms with Gasteiger partial charge in [-0.3, -0.25) is 0 Å². The second-order valence-electron chi connectivity index (χ2n) is 6.88. The van der Waals surface area contributed by atoms with E-state index < -0.39 is 10.0 Å². The molecule has 0 aromatic carbocycles. The molecule has 0 saturated carbocycles. The van der Waals surface area contributed by atoms with Gasteiger partial charge in [0.05, 0.1) is 19.4 Å². The lowest BCUT2D eigenvalue weighted by atomic mass is 10.2. The Labute approximate surface area is 159 Å². The average molecular weight is 392 g/mol. The van der Waals surface area contributed by atoms with Crippen LogP contribution in [-0.4, -0.2) is 75.5 Å². The molecule has 0 radical (unpaired) electrons. The minimum Gasteiger partial charge on any atom is -0.467 e. The van der Waals surface area contributed by atoms with Gasteiger partial charge in [0.1, 0.15) is 22.6 Å². The van der Waals surface area contributed by atoms with Gasteiger partial charge in [0.25, 0.3) is 0 Å². The van der Waals surface area contributed by atoms with Crippen molar-refractivity contribution in [3.8, 4) is 0 Å². The molecule has 0 N–H and O–H groups in total. The molecule has 2 aliphatic rings. The molecule has 0 amide bonds. The standard InChI is InChI=1S/C18H24N4O4S/c1-20-6-8-22(9-7-20)27(23,24)15-4-5-18(19-13-15)21-10-12-26-17(14-21)16-3-2-11-25-16/h2-5,11,13,17H,6-10,12,14H2,1H3. The highest BCUT2D eigenvalue weighted by Crippen LogP contribution is 2.26. The highest BCUT2D eigenvalue weighted by molar-refractivity contribution is 7.89. The lowest BCUT2D eigenvalue weighted by molar-refractivity contribution is 0.0255. The van der Waals surface area contributed by atoms with Crippen molar-refractivity contribution >= 4 is 15.8 Å². The Kier molecular flexibility index (Phi) is 5.18. The predicted molar refractivity (Wildman–Crippen MR) is 100 cm³/mol. The molecule has 146 valence electrons. The molecular formula is C18H24N4O4S. The van der Waals surface area contributed by atoms with E-state index in [-0.39, 0.29) is 11.0 Å². The third-order valence-corrected chi connectivity index (χ3v) is 6.95. The predicted octanol–water partition coefficient (Wildman–Crippen LogP) is 1.19. The van der Waals surface area contributed by atoms with Crippen molar-refractivity contribution < 1.29 is 17.6 Å². The van der Waals surface area contributed by atoms with Crippen LogP contribution in [0.15, 0.2) is 46.0 Å². The molecule has 9 heteroatoms. The largest absolute Gasteiger partial charge is 0.467 e. The Morgan fingerprint density at radius 2 is 1.93 bits per heavy atom. The van der Waals surface area contributed by atoms with Gasteiger partial charge in [0.2, 0.25) is 10.0 Å². The number of anilines is 1. The minimum atomic E-state index is -3.49. The summed E-state index contributed by atoms with van der Waals surface area (Å²) in [6, 6.07) is 7.15. The lowest BCUT2D eigenvalue weighted by Gasteiger charge is -2.33. The quantitative estimate of drug-likeness (QED) is 0.773. The van der Waals surface area contributed by atoms with E-state index in [0.29, 0.717) is 32.8 Å². The number of likely N-dealkylation sites (N-methyl/N-ethyl adjacent to an activating group) is 1. The van der Waals surface area contributed by atoms with Crippen molar-refractivity contribution in [1.29, 1.82) is 0 Å². The van der Waals surface area contributed by atoms with Gasteiger partial charge in [-0.15, -0.1) is 0 Å². The summed E-state index contributed by atoms with van der Waals surface area (Å²) in [5, 5.41) is 0. The van der Waals surface area contributed by atoms with Crippen LogP contribution < -0.4 is 4.90 Å². The zero-order valence-electron chi connectivity index (χ0n) is 15.3. The molecule has 0 aliphatic carbocycles. The molecule has 2 aromatic rings. The molecule has 2 aromatic heterocycles. The van der Waals surface area contributed by atoms with Gasteiger partial charge in [0, 0.05) is 38.9 Å². The first-order chi connectivity index (χ1) is 13.0. The number of piperazine rings is 1. The van der Waals surface area contributed by atoms with Crippen molar-refractivity contribution in [3.05, 3.63) is 42.5 Å². The Morgan fingerprint density at radius 3 is 2.59 bits per heavy atom. The normalized spacial score (nSPS) is 22.9. The fraction of sp³-hybridized carbons (Fsp3) is 0.500. The number of ether oxygens (including phenoxy) is 1. The summed E-state index contributed by atoms with van der Waals surface area (Å²) in [6.45, 7) is 4.39. The van der Waals surface area contributed by atoms with Crippen LogP contribution in [0, 0.1) is 0 Å². The van der Waals surface area contributed by atoms with Crippen molar-refractivity contribution in [2.75, 3.05) is 57.8 Å². The molecule has 4 heterocycles. The topological polar surface area (TPSA) is 79.1 Å². The smallest absolute Gasteiger partial charge is 0.244 e. The first kappa shape index (κ1) is 18.4. The molecule has 2 aliphatic heterocycles. The maximum Gasteiger partial charge on any atom is 0.244 e. The van der Waals surface area contributed by atoms with E-state index in [0.717, 1.165) is 24.7 Å². The van der Waals surface area contributed by atoms with E-state index in [2.05, 4.69) is 14.8 Å². The third-order valence-electron chi connectivity index (χ3n) is 5.07. The SMILES string of the molecule is CN1CCN(S(=O)(=O)c2ccc(N3CCOC(c4ccco4)C3)nc2)CC1. The number of nitrogens with zero attached hydrogens (tertiary/aromatic N) is 4. The van der Waals surface area contributed by atoms with Gasteiger partial charge in [-0.1, -0.05) is 0 Å². The number of hydrogen-bond donors (Lipinski definition) is 0. The van der Waals surface area contributed by atoms with Crippen molar-refractivity contribution in [2.24, 2.45) is 0 Å². The van der Waals surface area contributed by atoms with Gasteiger partial charge in [-0.2, -0.15) is 4.31 Å². The monoisotopic (exact) mass is 392 g/mol. The van der Waals surface area contributed by atoms with Crippen LogP contribution in [-0.2, 0) is 14.8 Å². The third kappa shape index (κ3) is 3.86. The molecule has 8 nitrogen and oxygen atoms in total. The first-order valence-corrected chi connectivity index (χ1v) is 10.5. The van der Waals surface area contributed by atoms with Crippen molar-refractivity contribution in [1.82, 2.24) is 14.2 Å². The van der Waals surface area contributed by atoms with Crippen LogP contribution >= 0.6 is 0 Å². The number of rotatable bonds is 4. The van der Waals surface area contributed by atoms with Gasteiger partial charge >= 0.3 is 0 Å². The maximum absolute atomic E-state index is 12.8. The van der Waals surface area contributed by atoms with E-state index in [9.17, 15) is 8.42 Å². The van der Waals surface area contributed by atoms with Gasteiger partial charge in [-0.05, 0) is 31.3 Å². The fourth-order valence-electron chi connectivity index (χ4n) is 3.39. The Bertz CT molecular complexity index is 846. The highest BCUT2D eigenvalue weighted by atomic mass is 32.2. The molecule has 1 atom stereocenters. The Morgan fingerprint density at radius 1 is 1.11 bits per heavy atom. The Balaban J connectivity index is 1.47. The Hall–Kier alpha value is -1.94. The van der Waals surface area contributed by atoms with Crippen LogP contribution in [0.25, 0.3) is 0 Å². The van der Waals surface area contributed by atoms with Gasteiger partial charge in [-0.25, -0.2) is 13.4 Å². The summed E-state index contributed by atoms with van der Waals surface area (Å²) in [6.07, 6.45) is 2.94. The summed E-state index contributed by atoms with van der Waals surface area (Å²) in [4.78, 5) is 8.87. The number of morpholine rings is 1. The summed E-state index contributed by atoms with van der Waals surface area (Å²) < 4.78 is 38.4. The molecule has 2 saturated heterocycles. The molecule has 0 bridgehead atoms. The zero-order valence-corrected chi connectivity index (χ0v) is 16.1. The number of furan rings is 1. The van der Waals surface area contributed by atoms with E-state index >= 15 is 0 Å². The highest BCUT2D eigenvalue weighted by Gasteiger charge is 2.29. The molecule has 27 heavy (non-hydrogen) atoms. The number of hydrogen-bond acceptors (Lipinski definition) is 7. The number of sulfonamides is 1. The molecular weight excluding hydrogens is 368 g/mol. The minimum absolute atomic E-state index is 0.149. The summed E-state index contributed by atoms with van der Waals surface area (Å²) in [5.41, 5.74) is 0. The molecule has 0 spiro atoms. The zero-order chi connectivity index (χ0) is 18.9. The van der Waals surface area contributed by atoms with Crippen LogP contribution in [0.3, 0.4) is 0 Å². The summed E-state index contributed by atoms with van der Waals surface area (Å²) >= 11 is 0. The fourth-order valence-corrected chi connectivity index (χ4v) is 4.76. The molecule has 4 rings (SSSR count). The second-order valence-corrected chi connectivity index (χ2v) is 8.82. The number of pyridine rings is 1. The van der Waals surface area contributed by atoms with Crippen LogP contribution in [0.2, 0.25) is 0 Å². The van der Waals surface area contributed by atoms with Crippen LogP contribution in [0.1, 0.15) is 11.9 Å². The van der Waals surface area contributed by atoms with E-state index in [1.54, 1.807) is 18.4 Å². The second kappa shape index (κ2) is 7.59. The van der Waals surface area contributed by atoms with Gasteiger partial charge in [0.15, 0.2) is 0 Å². The van der Waals surface area contributed by atoms with E-state index in [4.69, 9.17) is 9.15 Å². The van der Waals surface area contributed by atoms with Crippen LogP contribution in [0.5, 0.6) is 0 Å². The summed E-state index contributed by atoms with van der Waals surface area (Å²) in [7, 11) is -1.49. The first-order valence-electron chi connectivity index (χ1n) is 9.09. The van der Waals surface area contributed by atoms with E-state index in [1.165, 1.54) is 10.5 Å². The number of aromatic nitrogens is 1. The van der Waals surface area contributed by atoms with E-state index in [1.807, 2.05) is 19.2 Å². The van der Waals surface area contributed by atoms with Gasteiger partial charge < -0.3 is 19.0 Å². The summed E-state index contributed by atoms with van der Waals surface area (Å²) in [5.74, 6) is 1.53. The molecule has 2 fully saturated rings. The average Bonchev–Trinajstić information content (AvgIpc) is 3.23. The van der Waals surface area contributed by atoms with Crippen molar-refractivity contribution in [2.45, 2.75) is 11.0 Å².